The molecule has 27 heavy (non-hydrogen) atoms. The summed E-state index contributed by atoms with van der Waals surface area (Å²) in [4.78, 5) is 6.46. The van der Waals surface area contributed by atoms with E-state index in [0.29, 0.717) is 5.54 Å². The van der Waals surface area contributed by atoms with Crippen LogP contribution in [0.5, 0.6) is 0 Å². The van der Waals surface area contributed by atoms with Gasteiger partial charge in [0.05, 0.1) is 0 Å². The first-order valence-corrected chi connectivity index (χ1v) is 13.3. The molecule has 0 amide bonds. The largest absolute Gasteiger partial charge is 0.344 e. The minimum absolute atomic E-state index is 0.215. The number of allylic oxidation sites excluding steroid dienone is 1. The zero-order valence-corrected chi connectivity index (χ0v) is 18.7. The van der Waals surface area contributed by atoms with Gasteiger partial charge in [0, 0.05) is 35.1 Å². The smallest absolute Gasteiger partial charge is 0.131 e. The average molecular weight is 379 g/mol. The van der Waals surface area contributed by atoms with Gasteiger partial charge in [0.2, 0.25) is 0 Å². The predicted molar refractivity (Wildman–Crippen MR) is 122 cm³/mol. The summed E-state index contributed by atoms with van der Waals surface area (Å²) in [5.41, 5.74) is 6.12. The maximum Gasteiger partial charge on any atom is 0.131 e. The van der Waals surface area contributed by atoms with Crippen molar-refractivity contribution < 1.29 is 0 Å². The third-order valence-electron chi connectivity index (χ3n) is 6.36. The molecule has 3 heteroatoms. The van der Waals surface area contributed by atoms with Crippen molar-refractivity contribution in [2.45, 2.75) is 57.8 Å². The van der Waals surface area contributed by atoms with Gasteiger partial charge in [0.25, 0.3) is 0 Å². The Morgan fingerprint density at radius 2 is 1.56 bits per heavy atom. The zero-order valence-electron chi connectivity index (χ0n) is 17.7. The summed E-state index contributed by atoms with van der Waals surface area (Å²) < 4.78 is 0. The van der Waals surface area contributed by atoms with Crippen LogP contribution in [0, 0.1) is 0 Å². The van der Waals surface area contributed by atoms with Gasteiger partial charge in [-0.2, -0.15) is 0 Å². The van der Waals surface area contributed by atoms with E-state index in [9.17, 15) is 0 Å². The molecule has 3 rings (SSSR count). The van der Waals surface area contributed by atoms with Crippen molar-refractivity contribution in [2.24, 2.45) is 0 Å². The first-order chi connectivity index (χ1) is 12.8. The van der Waals surface area contributed by atoms with Gasteiger partial charge in [-0.05, 0) is 37.5 Å². The molecule has 1 aliphatic carbocycles. The summed E-state index contributed by atoms with van der Waals surface area (Å²) >= 11 is 0. The summed E-state index contributed by atoms with van der Waals surface area (Å²) in [5.74, 6) is 0. The van der Waals surface area contributed by atoms with Crippen LogP contribution in [0.1, 0.15) is 50.3 Å². The number of nitrogens with one attached hydrogen (secondary N) is 1. The molecule has 144 valence electrons. The van der Waals surface area contributed by atoms with Crippen molar-refractivity contribution in [1.82, 2.24) is 4.98 Å². The van der Waals surface area contributed by atoms with E-state index < -0.39 is 8.24 Å². The lowest BCUT2D eigenvalue weighted by molar-refractivity contribution is 0.388. The summed E-state index contributed by atoms with van der Waals surface area (Å²) in [5, 5.41) is 0. The Morgan fingerprint density at radius 3 is 2.19 bits per heavy atom. The highest BCUT2D eigenvalue weighted by Crippen LogP contribution is 2.43. The molecule has 1 N–H and O–H groups in total. The second-order valence-electron chi connectivity index (χ2n) is 8.63. The molecule has 0 saturated carbocycles. The van der Waals surface area contributed by atoms with Gasteiger partial charge in [-0.15, -0.1) is 0 Å². The summed E-state index contributed by atoms with van der Waals surface area (Å²) in [7, 11) is 0.445. The van der Waals surface area contributed by atoms with Gasteiger partial charge in [-0.1, -0.05) is 75.5 Å². The molecular formula is C24H34N2Si. The van der Waals surface area contributed by atoms with Crippen molar-refractivity contribution in [3.8, 4) is 0 Å². The van der Waals surface area contributed by atoms with Crippen molar-refractivity contribution >= 4 is 19.6 Å². The Labute approximate surface area is 166 Å². The van der Waals surface area contributed by atoms with Crippen LogP contribution in [-0.2, 0) is 0 Å². The molecule has 0 fully saturated rings. The molecule has 1 aliphatic rings. The highest BCUT2D eigenvalue weighted by molar-refractivity contribution is 6.77. The first kappa shape index (κ1) is 19.9. The Morgan fingerprint density at radius 1 is 0.963 bits per heavy atom. The lowest BCUT2D eigenvalue weighted by Crippen LogP contribution is -2.59. The number of fused-ring (bicyclic) bond motifs is 1. The Balaban J connectivity index is 2.00. The van der Waals surface area contributed by atoms with E-state index in [0.717, 1.165) is 12.8 Å². The number of para-hydroxylation sites is 1. The summed E-state index contributed by atoms with van der Waals surface area (Å²) in [6.07, 6.45) is 4.84. The summed E-state index contributed by atoms with van der Waals surface area (Å²) in [6.45, 7) is 11.9. The third-order valence-corrected chi connectivity index (χ3v) is 9.64. The van der Waals surface area contributed by atoms with E-state index in [2.05, 4.69) is 111 Å². The number of hydrogen-bond acceptors (Lipinski definition) is 2. The molecule has 0 heterocycles. The zero-order chi connectivity index (χ0) is 19.7. The quantitative estimate of drug-likeness (QED) is 0.579. The lowest BCUT2D eigenvalue weighted by Gasteiger charge is -2.40. The second-order valence-corrected chi connectivity index (χ2v) is 12.9. The van der Waals surface area contributed by atoms with Crippen LogP contribution < -0.4 is 9.88 Å². The highest BCUT2D eigenvalue weighted by atomic mass is 28.3. The van der Waals surface area contributed by atoms with Crippen LogP contribution in [-0.4, -0.2) is 20.8 Å². The maximum atomic E-state index is 4.13. The molecule has 2 aromatic carbocycles. The Bertz CT molecular complexity index is 806. The van der Waals surface area contributed by atoms with Gasteiger partial charge < -0.3 is 9.88 Å². The standard InChI is InChI=1S/C24H34N2Si/c1-7-24(3,8-2)25-27(5,6)23-18-22(20-16-12-13-17-21(20)23)26(4)19-14-10-9-11-15-19/h9-18,23,25H,7-8H2,1-6H3. The molecule has 0 radical (unpaired) electrons. The molecule has 0 bridgehead atoms. The van der Waals surface area contributed by atoms with Crippen LogP contribution in [0.3, 0.4) is 0 Å². The van der Waals surface area contributed by atoms with Crippen LogP contribution in [0.15, 0.2) is 60.7 Å². The van der Waals surface area contributed by atoms with Crippen molar-refractivity contribution in [3.63, 3.8) is 0 Å². The average Bonchev–Trinajstić information content (AvgIpc) is 3.08. The van der Waals surface area contributed by atoms with Crippen molar-refractivity contribution in [2.75, 3.05) is 11.9 Å². The molecule has 1 unspecified atom stereocenters. The van der Waals surface area contributed by atoms with Gasteiger partial charge in [-0.3, -0.25) is 0 Å². The van der Waals surface area contributed by atoms with Gasteiger partial charge in [0.15, 0.2) is 0 Å². The molecule has 0 saturated heterocycles. The normalized spacial score (nSPS) is 16.8. The summed E-state index contributed by atoms with van der Waals surface area (Å²) in [6, 6.07) is 19.6. The number of benzene rings is 2. The van der Waals surface area contributed by atoms with Crippen LogP contribution in [0.25, 0.3) is 5.70 Å². The molecule has 0 spiro atoms. The predicted octanol–water partition coefficient (Wildman–Crippen LogP) is 6.17. The molecule has 0 aromatic heterocycles. The second kappa shape index (κ2) is 7.65. The maximum absolute atomic E-state index is 4.13. The highest BCUT2D eigenvalue weighted by Gasteiger charge is 2.41. The topological polar surface area (TPSA) is 15.3 Å². The fourth-order valence-corrected chi connectivity index (χ4v) is 7.97. The fraction of sp³-hybridized carbons (Fsp3) is 0.417. The molecule has 1 atom stereocenters. The molecule has 2 nitrogen and oxygen atoms in total. The van der Waals surface area contributed by atoms with E-state index in [1.54, 1.807) is 0 Å². The first-order valence-electron chi connectivity index (χ1n) is 10.2. The monoisotopic (exact) mass is 378 g/mol. The van der Waals surface area contributed by atoms with Gasteiger partial charge in [-0.25, -0.2) is 0 Å². The van der Waals surface area contributed by atoms with E-state index in [1.165, 1.54) is 22.5 Å². The number of nitrogens with zero attached hydrogens (tertiary/aromatic N) is 1. The van der Waals surface area contributed by atoms with E-state index in [-0.39, 0.29) is 5.54 Å². The Kier molecular flexibility index (Phi) is 5.64. The van der Waals surface area contributed by atoms with E-state index >= 15 is 0 Å². The van der Waals surface area contributed by atoms with Crippen LogP contribution in [0.4, 0.5) is 5.69 Å². The van der Waals surface area contributed by atoms with Crippen LogP contribution in [0.2, 0.25) is 13.1 Å². The number of rotatable bonds is 7. The Hall–Kier alpha value is -1.84. The minimum atomic E-state index is -1.74. The molecule has 0 aliphatic heterocycles. The van der Waals surface area contributed by atoms with Crippen molar-refractivity contribution in [1.29, 1.82) is 0 Å². The van der Waals surface area contributed by atoms with Gasteiger partial charge >= 0.3 is 0 Å². The SMILES string of the molecule is CCC(C)(CC)N[Si](C)(C)C1C=C(N(C)c2ccccc2)c2ccccc21. The molecule has 2 aromatic rings. The minimum Gasteiger partial charge on any atom is -0.344 e. The lowest BCUT2D eigenvalue weighted by atomic mass is 9.98. The van der Waals surface area contributed by atoms with E-state index in [1.807, 2.05) is 0 Å². The van der Waals surface area contributed by atoms with E-state index in [4.69, 9.17) is 0 Å². The van der Waals surface area contributed by atoms with Crippen molar-refractivity contribution in [3.05, 3.63) is 71.8 Å². The molecular weight excluding hydrogens is 344 g/mol. The number of anilines is 1. The van der Waals surface area contributed by atoms with Gasteiger partial charge in [0.1, 0.15) is 8.24 Å². The third kappa shape index (κ3) is 3.90. The van der Waals surface area contributed by atoms with Crippen LogP contribution >= 0.6 is 0 Å². The number of hydrogen-bond donors (Lipinski definition) is 1. The fourth-order valence-electron chi connectivity index (χ4n) is 4.30.